The van der Waals surface area contributed by atoms with Gasteiger partial charge in [0.2, 0.25) is 0 Å². The average molecular weight is 239 g/mol. The Morgan fingerprint density at radius 3 is 2.20 bits per heavy atom. The third kappa shape index (κ3) is 4.16. The van der Waals surface area contributed by atoms with Gasteiger partial charge in [0, 0.05) is 24.2 Å². The van der Waals surface area contributed by atoms with E-state index in [0.717, 1.165) is 16.7 Å². The van der Waals surface area contributed by atoms with Crippen LogP contribution in [0, 0.1) is 0 Å². The van der Waals surface area contributed by atoms with Crippen LogP contribution in [0.2, 0.25) is 0 Å². The van der Waals surface area contributed by atoms with Gasteiger partial charge in [-0.2, -0.15) is 13.2 Å². The number of alkyl halides is 3. The molecule has 1 aromatic rings. The van der Waals surface area contributed by atoms with Gasteiger partial charge in [-0.3, -0.25) is 9.78 Å². The van der Waals surface area contributed by atoms with Crippen LogP contribution in [0.5, 0.6) is 0 Å². The van der Waals surface area contributed by atoms with Gasteiger partial charge in [-0.25, -0.2) is 4.42 Å². The number of aromatic nitrogens is 1. The summed E-state index contributed by atoms with van der Waals surface area (Å²) in [6.45, 7) is 0.432. The minimum Gasteiger partial charge on any atom is -0.271 e. The zero-order chi connectivity index (χ0) is 11.5. The van der Waals surface area contributed by atoms with Crippen molar-refractivity contribution in [3.8, 4) is 0 Å². The Morgan fingerprint density at radius 1 is 1.47 bits per heavy atom. The Balaban J connectivity index is 0.000000187. The number of hydrogen-bond donors (Lipinski definition) is 0. The van der Waals surface area contributed by atoms with Gasteiger partial charge in [0.15, 0.2) is 0 Å². The normalized spacial score (nSPS) is 14.4. The smallest absolute Gasteiger partial charge is 0.271 e. The highest BCUT2D eigenvalue weighted by molar-refractivity contribution is 6.28. The Labute approximate surface area is 88.6 Å². The van der Waals surface area contributed by atoms with Crippen LogP contribution in [-0.2, 0) is 11.0 Å². The lowest BCUT2D eigenvalue weighted by Crippen LogP contribution is -2.04. The number of halogens is 4. The summed E-state index contributed by atoms with van der Waals surface area (Å²) in [7, 11) is 0. The highest BCUT2D eigenvalue weighted by atomic mass is 35.5. The van der Waals surface area contributed by atoms with Crippen LogP contribution in [0.1, 0.15) is 5.56 Å². The van der Waals surface area contributed by atoms with Crippen LogP contribution in [0.4, 0.5) is 13.2 Å². The standard InChI is InChI=1S/C6H4F3N.C2H2ClNO/c7-6(8,9)5-2-1-3-10-4-5;3-4-1-2(4)5/h1-4H;1H2. The minimum atomic E-state index is -4.27. The van der Waals surface area contributed by atoms with E-state index in [2.05, 4.69) is 4.98 Å². The Hall–Kier alpha value is -1.30. The van der Waals surface area contributed by atoms with E-state index in [4.69, 9.17) is 11.8 Å². The van der Waals surface area contributed by atoms with Gasteiger partial charge in [-0.05, 0) is 12.1 Å². The lowest BCUT2D eigenvalue weighted by atomic mass is 10.3. The molecule has 0 aromatic carbocycles. The second-order valence-corrected chi connectivity index (χ2v) is 3.06. The van der Waals surface area contributed by atoms with Crippen molar-refractivity contribution >= 4 is 17.7 Å². The van der Waals surface area contributed by atoms with Gasteiger partial charge in [0.05, 0.1) is 5.56 Å². The van der Waals surface area contributed by atoms with Gasteiger partial charge >= 0.3 is 6.18 Å². The first-order chi connectivity index (χ1) is 6.91. The van der Waals surface area contributed by atoms with E-state index in [1.54, 1.807) is 0 Å². The van der Waals surface area contributed by atoms with Crippen LogP contribution in [-0.4, -0.2) is 21.9 Å². The summed E-state index contributed by atoms with van der Waals surface area (Å²) in [5.74, 6) is 0.0201. The molecule has 1 amide bonds. The first-order valence-electron chi connectivity index (χ1n) is 3.84. The summed E-state index contributed by atoms with van der Waals surface area (Å²) in [6.07, 6.45) is -2.18. The molecule has 1 saturated heterocycles. The van der Waals surface area contributed by atoms with Crippen LogP contribution in [0.3, 0.4) is 0 Å². The average Bonchev–Trinajstić information content (AvgIpc) is 2.81. The van der Waals surface area contributed by atoms with Crippen LogP contribution < -0.4 is 0 Å². The van der Waals surface area contributed by atoms with E-state index in [9.17, 15) is 18.0 Å². The number of hydrogen-bond acceptors (Lipinski definition) is 2. The molecule has 82 valence electrons. The second-order valence-electron chi connectivity index (χ2n) is 2.65. The predicted molar refractivity (Wildman–Crippen MR) is 46.8 cm³/mol. The molecule has 0 unspecified atom stereocenters. The third-order valence-corrected chi connectivity index (χ3v) is 1.74. The summed E-state index contributed by atoms with van der Waals surface area (Å²) in [5.41, 5.74) is -0.713. The van der Waals surface area contributed by atoms with Crippen molar-refractivity contribution in [1.29, 1.82) is 0 Å². The first-order valence-corrected chi connectivity index (χ1v) is 4.18. The molecular formula is C8H6ClF3N2O. The molecule has 1 aliphatic rings. The number of pyridine rings is 1. The predicted octanol–water partition coefficient (Wildman–Crippen LogP) is 2.08. The summed E-state index contributed by atoms with van der Waals surface area (Å²) in [4.78, 5) is 13.0. The molecule has 1 fully saturated rings. The van der Waals surface area contributed by atoms with Crippen molar-refractivity contribution < 1.29 is 18.0 Å². The molecule has 0 radical (unpaired) electrons. The zero-order valence-electron chi connectivity index (χ0n) is 7.33. The fraction of sp³-hybridized carbons (Fsp3) is 0.250. The van der Waals surface area contributed by atoms with E-state index in [1.165, 1.54) is 12.3 Å². The molecule has 1 aliphatic heterocycles. The molecule has 0 saturated carbocycles. The van der Waals surface area contributed by atoms with E-state index in [-0.39, 0.29) is 5.91 Å². The molecular weight excluding hydrogens is 233 g/mol. The number of nitrogens with zero attached hydrogens (tertiary/aromatic N) is 2. The highest BCUT2D eigenvalue weighted by Gasteiger charge is 2.30. The van der Waals surface area contributed by atoms with Crippen LogP contribution in [0.25, 0.3) is 0 Å². The van der Waals surface area contributed by atoms with Crippen LogP contribution >= 0.6 is 11.8 Å². The van der Waals surface area contributed by atoms with Crippen molar-refractivity contribution in [1.82, 2.24) is 9.40 Å². The molecule has 0 aliphatic carbocycles. The van der Waals surface area contributed by atoms with Gasteiger partial charge in [-0.15, -0.1) is 0 Å². The number of carbonyl (C=O) groups excluding carboxylic acids is 1. The van der Waals surface area contributed by atoms with Crippen molar-refractivity contribution in [3.05, 3.63) is 30.1 Å². The van der Waals surface area contributed by atoms with Gasteiger partial charge in [-0.1, -0.05) is 0 Å². The van der Waals surface area contributed by atoms with Crippen molar-refractivity contribution in [2.75, 3.05) is 6.54 Å². The molecule has 0 spiro atoms. The molecule has 3 nitrogen and oxygen atoms in total. The van der Waals surface area contributed by atoms with E-state index >= 15 is 0 Å². The van der Waals surface area contributed by atoms with E-state index < -0.39 is 11.7 Å². The summed E-state index contributed by atoms with van der Waals surface area (Å²) >= 11 is 5.02. The van der Waals surface area contributed by atoms with Gasteiger partial charge in [0.1, 0.15) is 6.54 Å². The fourth-order valence-corrected chi connectivity index (χ4v) is 0.716. The zero-order valence-corrected chi connectivity index (χ0v) is 8.09. The summed E-state index contributed by atoms with van der Waals surface area (Å²) < 4.78 is 36.4. The van der Waals surface area contributed by atoms with E-state index in [0.29, 0.717) is 6.54 Å². The highest BCUT2D eigenvalue weighted by Crippen LogP contribution is 2.27. The monoisotopic (exact) mass is 238 g/mol. The Bertz CT molecular complexity index is 341. The molecule has 15 heavy (non-hydrogen) atoms. The summed E-state index contributed by atoms with van der Waals surface area (Å²) in [6, 6.07) is 2.23. The number of rotatable bonds is 0. The molecule has 1 aromatic heterocycles. The van der Waals surface area contributed by atoms with Crippen molar-refractivity contribution in [2.45, 2.75) is 6.18 Å². The molecule has 0 atom stereocenters. The Morgan fingerprint density at radius 2 is 2.00 bits per heavy atom. The number of amides is 1. The molecule has 2 heterocycles. The number of carbonyl (C=O) groups is 1. The summed E-state index contributed by atoms with van der Waals surface area (Å²) in [5, 5.41) is 0. The maximum atomic E-state index is 11.7. The molecule has 0 bridgehead atoms. The Kier molecular flexibility index (Phi) is 3.52. The van der Waals surface area contributed by atoms with Crippen molar-refractivity contribution in [2.24, 2.45) is 0 Å². The van der Waals surface area contributed by atoms with Gasteiger partial charge < -0.3 is 0 Å². The minimum absolute atomic E-state index is 0.0201. The molecule has 2 rings (SSSR count). The molecule has 0 N–H and O–H groups in total. The fourth-order valence-electron chi connectivity index (χ4n) is 0.614. The quantitative estimate of drug-likeness (QED) is 0.512. The lowest BCUT2D eigenvalue weighted by molar-refractivity contribution is -0.137. The second kappa shape index (κ2) is 4.48. The maximum Gasteiger partial charge on any atom is 0.417 e. The largest absolute Gasteiger partial charge is 0.417 e. The van der Waals surface area contributed by atoms with Gasteiger partial charge in [0.25, 0.3) is 5.91 Å². The van der Waals surface area contributed by atoms with E-state index in [1.807, 2.05) is 0 Å². The van der Waals surface area contributed by atoms with Crippen molar-refractivity contribution in [3.63, 3.8) is 0 Å². The molecule has 7 heteroatoms. The lowest BCUT2D eigenvalue weighted by Gasteiger charge is -2.03. The topological polar surface area (TPSA) is 33.0 Å². The SMILES string of the molecule is FC(F)(F)c1cccnc1.O=C1CN1Cl. The van der Waals surface area contributed by atoms with Crippen LogP contribution in [0.15, 0.2) is 24.5 Å². The first kappa shape index (κ1) is 11.8. The third-order valence-electron chi connectivity index (χ3n) is 1.43. The maximum absolute atomic E-state index is 11.7.